The number of nitrogens with zero attached hydrogens (tertiary/aromatic N) is 3. The molecule has 0 radical (unpaired) electrons. The molecule has 4 amide bonds. The molecule has 2 aromatic carbocycles. The molecule has 10 nitrogen and oxygen atoms in total. The largest absolute Gasteiger partial charge is 0.457 e. The molecular weight excluding hydrogens is 592 g/mol. The standard InChI is InChI=1S/C31H29F2N5O5S/c1-31(2,3)43-30(41)37-13-7-8-17(16-37)35-27(39)26-24-23-22(11-12-34-28(23)44-26)38(29(40)36-24)25-20(32)14-19(15-21(25)33)42-18-9-5-4-6-10-18/h4-6,9-12,14-15,17H,7-8,13,16H2,1-3H3,(H,35,39)(H,36,40)/t17-/m1/s1. The average Bonchev–Trinajstić information content (AvgIpc) is 3.33. The van der Waals surface area contributed by atoms with Crippen LogP contribution in [-0.4, -0.2) is 52.6 Å². The van der Waals surface area contributed by atoms with Crippen LogP contribution in [-0.2, 0) is 4.74 Å². The van der Waals surface area contributed by atoms with Crippen molar-refractivity contribution in [2.24, 2.45) is 0 Å². The number of carbonyl (C=O) groups is 3. The van der Waals surface area contributed by atoms with Crippen LogP contribution in [0.25, 0.3) is 10.2 Å². The summed E-state index contributed by atoms with van der Waals surface area (Å²) in [6, 6.07) is 10.8. The van der Waals surface area contributed by atoms with Gasteiger partial charge in [0.1, 0.15) is 32.5 Å². The van der Waals surface area contributed by atoms with Crippen LogP contribution in [0.2, 0.25) is 0 Å². The lowest BCUT2D eigenvalue weighted by atomic mass is 10.1. The second-order valence-corrected chi connectivity index (χ2v) is 12.5. The van der Waals surface area contributed by atoms with Gasteiger partial charge in [-0.2, -0.15) is 0 Å². The van der Waals surface area contributed by atoms with Gasteiger partial charge in [-0.3, -0.25) is 9.69 Å². The molecule has 1 fully saturated rings. The molecule has 0 spiro atoms. The lowest BCUT2D eigenvalue weighted by molar-refractivity contribution is 0.0185. The molecule has 2 aromatic heterocycles. The zero-order valence-electron chi connectivity index (χ0n) is 24.1. The summed E-state index contributed by atoms with van der Waals surface area (Å²) in [5, 5.41) is 5.99. The highest BCUT2D eigenvalue weighted by molar-refractivity contribution is 7.21. The van der Waals surface area contributed by atoms with Crippen molar-refractivity contribution in [1.29, 1.82) is 0 Å². The van der Waals surface area contributed by atoms with Crippen molar-refractivity contribution in [2.45, 2.75) is 45.3 Å². The second kappa shape index (κ2) is 11.4. The lowest BCUT2D eigenvalue weighted by Crippen LogP contribution is -2.50. The van der Waals surface area contributed by atoms with E-state index < -0.39 is 41.0 Å². The van der Waals surface area contributed by atoms with Gasteiger partial charge >= 0.3 is 12.1 Å². The summed E-state index contributed by atoms with van der Waals surface area (Å²) in [5.74, 6) is -2.17. The first-order valence-corrected chi connectivity index (χ1v) is 14.8. The Labute approximate surface area is 255 Å². The Bertz CT molecular complexity index is 1750. The number of nitrogens with one attached hydrogen (secondary N) is 2. The van der Waals surface area contributed by atoms with E-state index in [1.807, 2.05) is 0 Å². The van der Waals surface area contributed by atoms with E-state index in [1.54, 1.807) is 56.0 Å². The number of rotatable bonds is 5. The minimum Gasteiger partial charge on any atom is -0.457 e. The van der Waals surface area contributed by atoms with E-state index in [0.29, 0.717) is 35.4 Å². The van der Waals surface area contributed by atoms with E-state index in [1.165, 1.54) is 12.3 Å². The molecule has 13 heteroatoms. The van der Waals surface area contributed by atoms with Crippen LogP contribution in [0.5, 0.6) is 11.5 Å². The number of para-hydroxylation sites is 1. The summed E-state index contributed by atoms with van der Waals surface area (Å²) in [7, 11) is 0. The van der Waals surface area contributed by atoms with Crippen LogP contribution < -0.4 is 20.3 Å². The number of anilines is 3. The molecule has 1 atom stereocenters. The highest BCUT2D eigenvalue weighted by Crippen LogP contribution is 2.47. The van der Waals surface area contributed by atoms with E-state index in [2.05, 4.69) is 15.6 Å². The number of hydrogen-bond donors (Lipinski definition) is 2. The fourth-order valence-corrected chi connectivity index (χ4v) is 6.27. The number of urea groups is 1. The van der Waals surface area contributed by atoms with Crippen molar-refractivity contribution in [3.05, 3.63) is 71.2 Å². The van der Waals surface area contributed by atoms with E-state index >= 15 is 8.78 Å². The normalized spacial score (nSPS) is 16.5. The van der Waals surface area contributed by atoms with Crippen LogP contribution in [0.4, 0.5) is 35.4 Å². The summed E-state index contributed by atoms with van der Waals surface area (Å²) >= 11 is 1.05. The molecule has 4 heterocycles. The van der Waals surface area contributed by atoms with Crippen molar-refractivity contribution in [3.63, 3.8) is 0 Å². The monoisotopic (exact) mass is 621 g/mol. The Morgan fingerprint density at radius 2 is 1.82 bits per heavy atom. The smallest absolute Gasteiger partial charge is 0.410 e. The minimum absolute atomic E-state index is 0.0737. The van der Waals surface area contributed by atoms with Gasteiger partial charge in [0.25, 0.3) is 5.91 Å². The Kier molecular flexibility index (Phi) is 7.58. The zero-order chi connectivity index (χ0) is 31.2. The summed E-state index contributed by atoms with van der Waals surface area (Å²) in [6.45, 7) is 6.15. The molecular formula is C31H29F2N5O5S. The topological polar surface area (TPSA) is 113 Å². The van der Waals surface area contributed by atoms with Crippen LogP contribution in [0, 0.1) is 11.6 Å². The van der Waals surface area contributed by atoms with Crippen molar-refractivity contribution in [1.82, 2.24) is 15.2 Å². The van der Waals surface area contributed by atoms with Crippen molar-refractivity contribution in [3.8, 4) is 11.5 Å². The predicted molar refractivity (Wildman–Crippen MR) is 162 cm³/mol. The predicted octanol–water partition coefficient (Wildman–Crippen LogP) is 7.18. The third-order valence-electron chi connectivity index (χ3n) is 7.05. The summed E-state index contributed by atoms with van der Waals surface area (Å²) < 4.78 is 41.9. The first kappa shape index (κ1) is 29.3. The highest BCUT2D eigenvalue weighted by Gasteiger charge is 2.36. The average molecular weight is 622 g/mol. The van der Waals surface area contributed by atoms with Crippen LogP contribution in [0.3, 0.4) is 0 Å². The second-order valence-electron chi connectivity index (χ2n) is 11.5. The van der Waals surface area contributed by atoms with Gasteiger partial charge in [0.05, 0.1) is 16.8 Å². The highest BCUT2D eigenvalue weighted by atomic mass is 32.1. The minimum atomic E-state index is -1.01. The number of thiophene rings is 1. The van der Waals surface area contributed by atoms with Crippen molar-refractivity contribution < 1.29 is 32.6 Å². The Morgan fingerprint density at radius 1 is 1.09 bits per heavy atom. The molecule has 0 bridgehead atoms. The maximum atomic E-state index is 15.4. The molecule has 4 aromatic rings. The van der Waals surface area contributed by atoms with Gasteiger partial charge in [-0.05, 0) is 51.8 Å². The lowest BCUT2D eigenvalue weighted by Gasteiger charge is -2.34. The molecule has 1 saturated heterocycles. The number of benzene rings is 2. The summed E-state index contributed by atoms with van der Waals surface area (Å²) in [6.07, 6.45) is 2.28. The SMILES string of the molecule is CC(C)(C)OC(=O)N1CCC[C@@H](NC(=O)c2sc3nccc4c3c2NC(=O)N4c2c(F)cc(Oc3ccccc3)cc2F)C1. The van der Waals surface area contributed by atoms with Crippen LogP contribution >= 0.6 is 11.3 Å². The van der Waals surface area contributed by atoms with Crippen molar-refractivity contribution in [2.75, 3.05) is 23.3 Å². The first-order chi connectivity index (χ1) is 21.0. The van der Waals surface area contributed by atoms with Gasteiger partial charge in [-0.15, -0.1) is 11.3 Å². The van der Waals surface area contributed by atoms with E-state index in [9.17, 15) is 14.4 Å². The summed E-state index contributed by atoms with van der Waals surface area (Å²) in [5.41, 5.74) is -0.861. The van der Waals surface area contributed by atoms with Crippen molar-refractivity contribution >= 4 is 56.6 Å². The molecule has 228 valence electrons. The number of carbonyl (C=O) groups excluding carboxylic acids is 3. The molecule has 44 heavy (non-hydrogen) atoms. The number of aromatic nitrogens is 1. The Balaban J connectivity index is 1.27. The van der Waals surface area contributed by atoms with Crippen LogP contribution in [0.15, 0.2) is 54.7 Å². The molecule has 2 aliphatic rings. The number of piperidine rings is 1. The molecule has 0 aliphatic carbocycles. The molecule has 0 saturated carbocycles. The number of amides is 4. The maximum Gasteiger partial charge on any atom is 0.410 e. The molecule has 2 aliphatic heterocycles. The third kappa shape index (κ3) is 5.74. The maximum absolute atomic E-state index is 15.4. The number of likely N-dealkylation sites (tertiary alicyclic amines) is 1. The first-order valence-electron chi connectivity index (χ1n) is 14.0. The number of ether oxygens (including phenoxy) is 2. The Hall–Kier alpha value is -4.78. The zero-order valence-corrected chi connectivity index (χ0v) is 25.0. The van der Waals surface area contributed by atoms with Gasteiger partial charge in [-0.1, -0.05) is 18.2 Å². The quantitative estimate of drug-likeness (QED) is 0.244. The van der Waals surface area contributed by atoms with Gasteiger partial charge in [0.2, 0.25) is 0 Å². The molecule has 0 unspecified atom stereocenters. The van der Waals surface area contributed by atoms with Gasteiger partial charge in [0.15, 0.2) is 11.6 Å². The van der Waals surface area contributed by atoms with Gasteiger partial charge in [0, 0.05) is 37.5 Å². The summed E-state index contributed by atoms with van der Waals surface area (Å²) in [4.78, 5) is 46.9. The number of halogens is 2. The molecule has 2 N–H and O–H groups in total. The van der Waals surface area contributed by atoms with Gasteiger partial charge in [-0.25, -0.2) is 23.4 Å². The van der Waals surface area contributed by atoms with E-state index in [0.717, 1.165) is 28.4 Å². The molecule has 6 rings (SSSR count). The number of pyridine rings is 1. The van der Waals surface area contributed by atoms with E-state index in [-0.39, 0.29) is 34.6 Å². The fourth-order valence-electron chi connectivity index (χ4n) is 5.24. The van der Waals surface area contributed by atoms with E-state index in [4.69, 9.17) is 9.47 Å². The van der Waals surface area contributed by atoms with Crippen LogP contribution in [0.1, 0.15) is 43.3 Å². The fraction of sp³-hybridized carbons (Fsp3) is 0.290. The number of hydrogen-bond acceptors (Lipinski definition) is 7. The third-order valence-corrected chi connectivity index (χ3v) is 8.15. The van der Waals surface area contributed by atoms with Gasteiger partial charge < -0.3 is 25.0 Å². The Morgan fingerprint density at radius 3 is 2.52 bits per heavy atom.